The summed E-state index contributed by atoms with van der Waals surface area (Å²) >= 11 is 5.92. The van der Waals surface area contributed by atoms with Crippen LogP contribution in [0.2, 0.25) is 5.02 Å². The number of hydrogen-bond acceptors (Lipinski definition) is 5. The van der Waals surface area contributed by atoms with Gasteiger partial charge in [0.2, 0.25) is 11.8 Å². The van der Waals surface area contributed by atoms with E-state index in [1.165, 1.54) is 41.4 Å². The number of carbonyl (C=O) groups is 3. The van der Waals surface area contributed by atoms with Crippen LogP contribution in [0.1, 0.15) is 27.5 Å². The fourth-order valence-electron chi connectivity index (χ4n) is 5.33. The molecule has 2 amide bonds. The first kappa shape index (κ1) is 21.6. The molecule has 3 aliphatic rings. The van der Waals surface area contributed by atoms with Crippen molar-refractivity contribution in [3.8, 4) is 0 Å². The van der Waals surface area contributed by atoms with Gasteiger partial charge in [0.05, 0.1) is 34.8 Å². The first-order valence-electron chi connectivity index (χ1n) is 10.9. The molecule has 2 fully saturated rings. The van der Waals surface area contributed by atoms with Crippen molar-refractivity contribution >= 4 is 41.1 Å². The van der Waals surface area contributed by atoms with Gasteiger partial charge in [0.25, 0.3) is 0 Å². The normalized spacial score (nSPS) is 24.4. The summed E-state index contributed by atoms with van der Waals surface area (Å²) in [7, 11) is 0. The van der Waals surface area contributed by atoms with Crippen LogP contribution < -0.4 is 4.90 Å². The Hall–Kier alpha value is -3.91. The average Bonchev–Trinajstić information content (AvgIpc) is 3.33. The molecule has 0 unspecified atom stereocenters. The highest BCUT2D eigenvalue weighted by Crippen LogP contribution is 2.53. The highest BCUT2D eigenvalue weighted by atomic mass is 35.5. The van der Waals surface area contributed by atoms with Gasteiger partial charge >= 0.3 is 0 Å². The Kier molecular flexibility index (Phi) is 4.82. The topological polar surface area (TPSA) is 70.0 Å². The van der Waals surface area contributed by atoms with Crippen molar-refractivity contribution in [3.05, 3.63) is 100 Å². The van der Waals surface area contributed by atoms with Crippen molar-refractivity contribution in [1.82, 2.24) is 5.01 Å². The number of carbonyl (C=O) groups excluding carboxylic acids is 3. The summed E-state index contributed by atoms with van der Waals surface area (Å²) in [5.41, 5.74) is 1.89. The van der Waals surface area contributed by atoms with Crippen molar-refractivity contribution in [2.75, 3.05) is 4.90 Å². The third kappa shape index (κ3) is 3.13. The van der Waals surface area contributed by atoms with Crippen molar-refractivity contribution in [2.45, 2.75) is 12.1 Å². The minimum absolute atomic E-state index is 0.132. The second-order valence-electron chi connectivity index (χ2n) is 8.68. The Bertz CT molecular complexity index is 1440. The van der Waals surface area contributed by atoms with E-state index in [2.05, 4.69) is 5.10 Å². The van der Waals surface area contributed by atoms with E-state index in [4.69, 9.17) is 11.6 Å². The molecule has 0 spiro atoms. The molecule has 3 heterocycles. The number of halogens is 3. The maximum absolute atomic E-state index is 13.8. The second kappa shape index (κ2) is 7.81. The molecule has 2 saturated heterocycles. The van der Waals surface area contributed by atoms with E-state index in [1.54, 1.807) is 6.21 Å². The van der Waals surface area contributed by atoms with Crippen LogP contribution in [0, 0.1) is 23.5 Å². The number of anilines is 1. The molecular weight excluding hydrogens is 476 g/mol. The molecule has 0 aliphatic carbocycles. The SMILES string of the molecule is O=C(c1ccc(F)cc1)[C@@H]1[C@@H]2C(=O)N(c3ccc(F)c(Cl)c3)C(=O)[C@@H]2[C@H]2c3ccccc3C=NN12. The molecule has 6 nitrogen and oxygen atoms in total. The summed E-state index contributed by atoms with van der Waals surface area (Å²) < 4.78 is 27.3. The predicted octanol–water partition coefficient (Wildman–Crippen LogP) is 4.38. The summed E-state index contributed by atoms with van der Waals surface area (Å²) in [6.45, 7) is 0. The largest absolute Gasteiger partial charge is 0.292 e. The van der Waals surface area contributed by atoms with Gasteiger partial charge in [-0.15, -0.1) is 0 Å². The first-order valence-corrected chi connectivity index (χ1v) is 11.3. The summed E-state index contributed by atoms with van der Waals surface area (Å²) in [5.74, 6) is -4.68. The average molecular weight is 492 g/mol. The van der Waals surface area contributed by atoms with Gasteiger partial charge in [-0.3, -0.25) is 19.4 Å². The van der Waals surface area contributed by atoms with Crippen LogP contribution in [0.3, 0.4) is 0 Å². The molecule has 4 atom stereocenters. The smallest absolute Gasteiger partial charge is 0.240 e. The van der Waals surface area contributed by atoms with Crippen LogP contribution in [-0.2, 0) is 9.59 Å². The number of imide groups is 1. The predicted molar refractivity (Wildman–Crippen MR) is 124 cm³/mol. The molecule has 35 heavy (non-hydrogen) atoms. The summed E-state index contributed by atoms with van der Waals surface area (Å²) in [4.78, 5) is 42.1. The number of amides is 2. The number of nitrogens with zero attached hydrogens (tertiary/aromatic N) is 3. The van der Waals surface area contributed by atoms with E-state index < -0.39 is 53.2 Å². The highest BCUT2D eigenvalue weighted by molar-refractivity contribution is 6.31. The standard InChI is InChI=1S/C26H16ClF2N3O3/c27-18-11-16(9-10-19(18)29)31-25(34)20-21(26(31)35)23(24(33)13-5-7-15(28)8-6-13)32-22(20)17-4-2-1-3-14(17)12-30-32/h1-12,20-23H/t20-,21+,22+,23-/m0/s1. The minimum Gasteiger partial charge on any atom is -0.292 e. The lowest BCUT2D eigenvalue weighted by molar-refractivity contribution is -0.124. The molecule has 0 bridgehead atoms. The van der Waals surface area contributed by atoms with Gasteiger partial charge in [0, 0.05) is 5.56 Å². The number of hydrazone groups is 1. The van der Waals surface area contributed by atoms with Crippen molar-refractivity contribution in [1.29, 1.82) is 0 Å². The van der Waals surface area contributed by atoms with Gasteiger partial charge in [-0.2, -0.15) is 5.10 Å². The Morgan fingerprint density at radius 3 is 2.37 bits per heavy atom. The number of benzene rings is 3. The lowest BCUT2D eigenvalue weighted by Crippen LogP contribution is -2.44. The molecule has 3 aromatic carbocycles. The second-order valence-corrected chi connectivity index (χ2v) is 9.08. The van der Waals surface area contributed by atoms with Crippen LogP contribution in [0.4, 0.5) is 14.5 Å². The van der Waals surface area contributed by atoms with Crippen LogP contribution in [0.25, 0.3) is 0 Å². The highest BCUT2D eigenvalue weighted by Gasteiger charge is 2.65. The number of fused-ring (bicyclic) bond motifs is 5. The first-order chi connectivity index (χ1) is 16.9. The zero-order chi connectivity index (χ0) is 24.4. The van der Waals surface area contributed by atoms with E-state index in [-0.39, 0.29) is 16.3 Å². The summed E-state index contributed by atoms with van der Waals surface area (Å²) in [5, 5.41) is 5.77. The van der Waals surface area contributed by atoms with Crippen LogP contribution in [-0.4, -0.2) is 34.9 Å². The van der Waals surface area contributed by atoms with E-state index in [1.807, 2.05) is 24.3 Å². The van der Waals surface area contributed by atoms with Gasteiger partial charge in [-0.25, -0.2) is 13.7 Å². The molecule has 0 N–H and O–H groups in total. The van der Waals surface area contributed by atoms with E-state index >= 15 is 0 Å². The molecular formula is C26H16ClF2N3O3. The summed E-state index contributed by atoms with van der Waals surface area (Å²) in [6.07, 6.45) is 1.60. The Morgan fingerprint density at radius 2 is 1.63 bits per heavy atom. The van der Waals surface area contributed by atoms with E-state index in [0.29, 0.717) is 0 Å². The summed E-state index contributed by atoms with van der Waals surface area (Å²) in [6, 6.07) is 14.2. The Labute approximate surface area is 203 Å². The Morgan fingerprint density at radius 1 is 0.914 bits per heavy atom. The number of Topliss-reactive ketones (excluding diaryl/α,β-unsaturated/α-hetero) is 1. The maximum atomic E-state index is 13.8. The van der Waals surface area contributed by atoms with Gasteiger partial charge in [0.15, 0.2) is 5.78 Å². The van der Waals surface area contributed by atoms with Gasteiger partial charge < -0.3 is 0 Å². The minimum atomic E-state index is -1.09. The molecule has 6 rings (SSSR count). The molecule has 0 radical (unpaired) electrons. The number of ketones is 1. The molecule has 0 aromatic heterocycles. The molecule has 174 valence electrons. The van der Waals surface area contributed by atoms with Crippen LogP contribution >= 0.6 is 11.6 Å². The van der Waals surface area contributed by atoms with Crippen LogP contribution in [0.15, 0.2) is 71.8 Å². The van der Waals surface area contributed by atoms with Crippen molar-refractivity contribution in [3.63, 3.8) is 0 Å². The molecule has 3 aromatic rings. The molecule has 3 aliphatic heterocycles. The quantitative estimate of drug-likeness (QED) is 0.403. The van der Waals surface area contributed by atoms with E-state index in [9.17, 15) is 23.2 Å². The fraction of sp³-hybridized carbons (Fsp3) is 0.154. The molecule has 9 heteroatoms. The fourth-order valence-corrected chi connectivity index (χ4v) is 5.51. The van der Waals surface area contributed by atoms with Gasteiger partial charge in [0.1, 0.15) is 17.7 Å². The number of rotatable bonds is 3. The maximum Gasteiger partial charge on any atom is 0.240 e. The lowest BCUT2D eigenvalue weighted by atomic mass is 9.83. The van der Waals surface area contributed by atoms with Crippen molar-refractivity contribution in [2.24, 2.45) is 16.9 Å². The van der Waals surface area contributed by atoms with Gasteiger partial charge in [-0.1, -0.05) is 35.9 Å². The zero-order valence-corrected chi connectivity index (χ0v) is 18.7. The third-order valence-electron chi connectivity index (χ3n) is 6.85. The monoisotopic (exact) mass is 491 g/mol. The van der Waals surface area contributed by atoms with E-state index in [0.717, 1.165) is 22.1 Å². The van der Waals surface area contributed by atoms with Crippen molar-refractivity contribution < 1.29 is 23.2 Å². The Balaban J connectivity index is 1.50. The van der Waals surface area contributed by atoms with Gasteiger partial charge in [-0.05, 0) is 53.6 Å². The van der Waals surface area contributed by atoms with Crippen LogP contribution in [0.5, 0.6) is 0 Å². The lowest BCUT2D eigenvalue weighted by Gasteiger charge is -2.33. The molecule has 0 saturated carbocycles. The number of hydrogen-bond donors (Lipinski definition) is 0. The zero-order valence-electron chi connectivity index (χ0n) is 17.9. The third-order valence-corrected chi connectivity index (χ3v) is 7.14.